The van der Waals surface area contributed by atoms with Crippen LogP contribution >= 0.6 is 11.3 Å². The summed E-state index contributed by atoms with van der Waals surface area (Å²) in [7, 11) is 1.64. The van der Waals surface area contributed by atoms with Gasteiger partial charge in [0, 0.05) is 0 Å². The molecule has 0 fully saturated rings. The van der Waals surface area contributed by atoms with Crippen LogP contribution in [0, 0.1) is 0 Å². The highest BCUT2D eigenvalue weighted by molar-refractivity contribution is 7.16. The number of methoxy groups -OCH3 is 1. The fraction of sp³-hybridized carbons (Fsp3) is 0.200. The maximum absolute atomic E-state index is 5.65. The zero-order chi connectivity index (χ0) is 14.5. The summed E-state index contributed by atoms with van der Waals surface area (Å²) in [6.45, 7) is 0.871. The third-order valence-electron chi connectivity index (χ3n) is 2.88. The van der Waals surface area contributed by atoms with Gasteiger partial charge in [-0.05, 0) is 35.7 Å². The van der Waals surface area contributed by atoms with Crippen LogP contribution in [-0.2, 0) is 0 Å². The molecule has 3 rings (SSSR count). The lowest BCUT2D eigenvalue weighted by Crippen LogP contribution is -2.09. The molecule has 0 saturated carbocycles. The summed E-state index contributed by atoms with van der Waals surface area (Å²) in [4.78, 5) is 9.25. The fourth-order valence-electron chi connectivity index (χ4n) is 1.85. The quantitative estimate of drug-likeness (QED) is 0.655. The second-order valence-electron chi connectivity index (χ2n) is 4.19. The van der Waals surface area contributed by atoms with Gasteiger partial charge in [-0.2, -0.15) is 0 Å². The van der Waals surface area contributed by atoms with Gasteiger partial charge in [-0.3, -0.25) is 0 Å². The molecule has 0 N–H and O–H groups in total. The fourth-order valence-corrected chi connectivity index (χ4v) is 2.58. The Bertz CT molecular complexity index is 712. The Morgan fingerprint density at radius 3 is 2.52 bits per heavy atom. The normalized spacial score (nSPS) is 10.5. The molecule has 0 saturated heterocycles. The molecule has 0 radical (unpaired) electrons. The van der Waals surface area contributed by atoms with Gasteiger partial charge in [0.05, 0.1) is 12.5 Å². The van der Waals surface area contributed by atoms with E-state index in [1.54, 1.807) is 18.4 Å². The number of aromatic nitrogens is 2. The largest absolute Gasteiger partial charge is 0.497 e. The Kier molecular flexibility index (Phi) is 4.16. The van der Waals surface area contributed by atoms with Gasteiger partial charge < -0.3 is 14.2 Å². The van der Waals surface area contributed by atoms with Crippen LogP contribution in [-0.4, -0.2) is 30.3 Å². The molecule has 2 heterocycles. The molecule has 0 spiro atoms. The summed E-state index contributed by atoms with van der Waals surface area (Å²) in [5.74, 6) is 2.18. The summed E-state index contributed by atoms with van der Waals surface area (Å²) in [5.41, 5.74) is 0. The van der Waals surface area contributed by atoms with E-state index in [-0.39, 0.29) is 0 Å². The highest BCUT2D eigenvalue weighted by atomic mass is 32.1. The number of rotatable bonds is 6. The molecule has 3 aromatic rings. The van der Waals surface area contributed by atoms with Crippen LogP contribution in [0.3, 0.4) is 0 Å². The number of hydrogen-bond acceptors (Lipinski definition) is 6. The molecule has 5 nitrogen and oxygen atoms in total. The molecule has 0 aliphatic heterocycles. The topological polar surface area (TPSA) is 53.5 Å². The maximum atomic E-state index is 5.65. The first-order valence-corrected chi connectivity index (χ1v) is 7.32. The van der Waals surface area contributed by atoms with E-state index in [1.807, 2.05) is 35.7 Å². The van der Waals surface area contributed by atoms with Crippen LogP contribution in [0.15, 0.2) is 42.0 Å². The van der Waals surface area contributed by atoms with Crippen molar-refractivity contribution in [1.82, 2.24) is 9.97 Å². The predicted octanol–water partition coefficient (Wildman–Crippen LogP) is 3.16. The Hall–Kier alpha value is -2.34. The van der Waals surface area contributed by atoms with Gasteiger partial charge in [0.1, 0.15) is 35.9 Å². The van der Waals surface area contributed by atoms with Gasteiger partial charge in [0.15, 0.2) is 0 Å². The minimum atomic E-state index is 0.425. The van der Waals surface area contributed by atoms with E-state index in [1.165, 1.54) is 6.33 Å². The van der Waals surface area contributed by atoms with Gasteiger partial charge in [0.25, 0.3) is 0 Å². The third-order valence-corrected chi connectivity index (χ3v) is 3.70. The highest BCUT2D eigenvalue weighted by Gasteiger charge is 2.05. The highest BCUT2D eigenvalue weighted by Crippen LogP contribution is 2.25. The monoisotopic (exact) mass is 302 g/mol. The molecule has 0 bridgehead atoms. The molecule has 21 heavy (non-hydrogen) atoms. The van der Waals surface area contributed by atoms with Crippen molar-refractivity contribution in [3.05, 3.63) is 42.0 Å². The van der Waals surface area contributed by atoms with Crippen molar-refractivity contribution in [3.63, 3.8) is 0 Å². The number of fused-ring (bicyclic) bond motifs is 1. The van der Waals surface area contributed by atoms with E-state index >= 15 is 0 Å². The maximum Gasteiger partial charge on any atom is 0.225 e. The molecule has 0 aliphatic carbocycles. The molecule has 0 amide bonds. The molecule has 0 aliphatic rings. The smallest absolute Gasteiger partial charge is 0.225 e. The first kappa shape index (κ1) is 13.6. The Labute approximate surface area is 126 Å². The first-order valence-electron chi connectivity index (χ1n) is 6.44. The first-order chi connectivity index (χ1) is 10.4. The molecular formula is C15H14N2O3S. The van der Waals surface area contributed by atoms with E-state index < -0.39 is 0 Å². The van der Waals surface area contributed by atoms with E-state index in [4.69, 9.17) is 14.2 Å². The van der Waals surface area contributed by atoms with Gasteiger partial charge >= 0.3 is 0 Å². The standard InChI is InChI=1S/C15H14N2O3S/c1-18-11-2-4-12(5-3-11)19-7-8-20-14-13-6-9-21-15(13)17-10-16-14/h2-6,9-10H,7-8H2,1H3. The van der Waals surface area contributed by atoms with Crippen LogP contribution in [0.5, 0.6) is 17.4 Å². The third kappa shape index (κ3) is 3.22. The second kappa shape index (κ2) is 6.41. The molecule has 0 unspecified atom stereocenters. The van der Waals surface area contributed by atoms with Crippen LogP contribution in [0.1, 0.15) is 0 Å². The number of nitrogens with zero attached hydrogens (tertiary/aromatic N) is 2. The lowest BCUT2D eigenvalue weighted by atomic mass is 10.3. The summed E-state index contributed by atoms with van der Waals surface area (Å²) >= 11 is 1.57. The average molecular weight is 302 g/mol. The second-order valence-corrected chi connectivity index (χ2v) is 5.09. The van der Waals surface area contributed by atoms with Gasteiger partial charge in [-0.15, -0.1) is 11.3 Å². The Morgan fingerprint density at radius 2 is 1.71 bits per heavy atom. The molecular weight excluding hydrogens is 288 g/mol. The van der Waals surface area contributed by atoms with Crippen molar-refractivity contribution in [1.29, 1.82) is 0 Å². The van der Waals surface area contributed by atoms with Crippen molar-refractivity contribution >= 4 is 21.6 Å². The van der Waals surface area contributed by atoms with Gasteiger partial charge in [-0.25, -0.2) is 9.97 Å². The summed E-state index contributed by atoms with van der Waals surface area (Å²) in [6.07, 6.45) is 1.51. The van der Waals surface area contributed by atoms with Crippen molar-refractivity contribution < 1.29 is 14.2 Å². The van der Waals surface area contributed by atoms with Crippen LogP contribution in [0.2, 0.25) is 0 Å². The van der Waals surface area contributed by atoms with E-state index in [0.717, 1.165) is 21.7 Å². The SMILES string of the molecule is COc1ccc(OCCOc2ncnc3sccc23)cc1. The molecule has 0 atom stereocenters. The summed E-state index contributed by atoms with van der Waals surface area (Å²) < 4.78 is 16.3. The lowest BCUT2D eigenvalue weighted by Gasteiger charge is -2.08. The van der Waals surface area contributed by atoms with Crippen LogP contribution < -0.4 is 14.2 Å². The molecule has 108 valence electrons. The molecule has 1 aromatic carbocycles. The number of benzene rings is 1. The van der Waals surface area contributed by atoms with Gasteiger partial charge in [0.2, 0.25) is 5.88 Å². The lowest BCUT2D eigenvalue weighted by molar-refractivity contribution is 0.213. The number of ether oxygens (including phenoxy) is 3. The van der Waals surface area contributed by atoms with Gasteiger partial charge in [-0.1, -0.05) is 0 Å². The molecule has 2 aromatic heterocycles. The van der Waals surface area contributed by atoms with Crippen molar-refractivity contribution in [3.8, 4) is 17.4 Å². The van der Waals surface area contributed by atoms with Crippen molar-refractivity contribution in [2.45, 2.75) is 0 Å². The average Bonchev–Trinajstić information content (AvgIpc) is 3.01. The molecule has 6 heteroatoms. The Morgan fingerprint density at radius 1 is 0.952 bits per heavy atom. The van der Waals surface area contributed by atoms with E-state index in [2.05, 4.69) is 9.97 Å². The van der Waals surface area contributed by atoms with Crippen molar-refractivity contribution in [2.24, 2.45) is 0 Å². The van der Waals surface area contributed by atoms with Crippen LogP contribution in [0.25, 0.3) is 10.2 Å². The Balaban J connectivity index is 1.53. The summed E-state index contributed by atoms with van der Waals surface area (Å²) in [6, 6.07) is 9.39. The number of hydrogen-bond donors (Lipinski definition) is 0. The van der Waals surface area contributed by atoms with Crippen LogP contribution in [0.4, 0.5) is 0 Å². The predicted molar refractivity (Wildman–Crippen MR) is 81.4 cm³/mol. The zero-order valence-corrected chi connectivity index (χ0v) is 12.3. The summed E-state index contributed by atoms with van der Waals surface area (Å²) in [5, 5.41) is 2.91. The number of thiophene rings is 1. The van der Waals surface area contributed by atoms with E-state index in [0.29, 0.717) is 19.1 Å². The van der Waals surface area contributed by atoms with E-state index in [9.17, 15) is 0 Å². The zero-order valence-electron chi connectivity index (χ0n) is 11.5. The minimum absolute atomic E-state index is 0.425. The van der Waals surface area contributed by atoms with Crippen molar-refractivity contribution in [2.75, 3.05) is 20.3 Å². The minimum Gasteiger partial charge on any atom is -0.497 e.